The highest BCUT2D eigenvalue weighted by Crippen LogP contribution is 2.19. The largest absolute Gasteiger partial charge is 0.467 e. The average Bonchev–Trinajstić information content (AvgIpc) is 2.61. The normalized spacial score (nSPS) is 17.3. The number of aryl methyl sites for hydroxylation is 1. The summed E-state index contributed by atoms with van der Waals surface area (Å²) in [5, 5.41) is 0. The molecule has 0 spiro atoms. The summed E-state index contributed by atoms with van der Waals surface area (Å²) in [7, 11) is 1.23. The third kappa shape index (κ3) is 5.60. The molecule has 1 heterocycles. The number of ether oxygens (including phenoxy) is 3. The molecular weight excluding hydrogens is 352 g/mol. The summed E-state index contributed by atoms with van der Waals surface area (Å²) in [6.45, 7) is 7.54. The molecule has 1 saturated heterocycles. The van der Waals surface area contributed by atoms with Crippen molar-refractivity contribution in [1.29, 1.82) is 0 Å². The van der Waals surface area contributed by atoms with E-state index in [4.69, 9.17) is 14.2 Å². The van der Waals surface area contributed by atoms with Gasteiger partial charge in [0.25, 0.3) is 0 Å². The minimum atomic E-state index is -0.964. The standard InChI is InChI=1S/C19H26N2O6/c1-13-6-8-14(9-7-13)26-18(24)21-11-10-20(12-15(21)16(22)25-5)17(23)27-19(2,3)4/h6-9,15H,10-12H2,1-5H3. The Labute approximate surface area is 159 Å². The maximum Gasteiger partial charge on any atom is 0.416 e. The Kier molecular flexibility index (Phi) is 6.30. The zero-order valence-electron chi connectivity index (χ0n) is 16.4. The van der Waals surface area contributed by atoms with Crippen molar-refractivity contribution in [2.24, 2.45) is 0 Å². The summed E-state index contributed by atoms with van der Waals surface area (Å²) in [6, 6.07) is 6.03. The smallest absolute Gasteiger partial charge is 0.416 e. The van der Waals surface area contributed by atoms with Gasteiger partial charge < -0.3 is 19.1 Å². The molecule has 0 radical (unpaired) electrons. The second-order valence-electron chi connectivity index (χ2n) is 7.34. The third-order valence-electron chi connectivity index (χ3n) is 3.97. The number of esters is 1. The number of benzene rings is 1. The van der Waals surface area contributed by atoms with Crippen molar-refractivity contribution in [1.82, 2.24) is 9.80 Å². The van der Waals surface area contributed by atoms with E-state index in [1.54, 1.807) is 32.9 Å². The molecule has 0 N–H and O–H groups in total. The van der Waals surface area contributed by atoms with E-state index in [2.05, 4.69) is 0 Å². The van der Waals surface area contributed by atoms with E-state index >= 15 is 0 Å². The number of piperazine rings is 1. The predicted octanol–water partition coefficient (Wildman–Crippen LogP) is 2.59. The Balaban J connectivity index is 2.10. The van der Waals surface area contributed by atoms with Gasteiger partial charge in [0, 0.05) is 13.1 Å². The number of amides is 2. The second kappa shape index (κ2) is 8.28. The van der Waals surface area contributed by atoms with Crippen LogP contribution in [-0.4, -0.2) is 66.3 Å². The van der Waals surface area contributed by atoms with Crippen molar-refractivity contribution in [2.75, 3.05) is 26.7 Å². The number of methoxy groups -OCH3 is 1. The molecule has 0 bridgehead atoms. The first-order valence-electron chi connectivity index (χ1n) is 8.71. The van der Waals surface area contributed by atoms with Crippen LogP contribution in [0.4, 0.5) is 9.59 Å². The molecule has 1 aromatic rings. The summed E-state index contributed by atoms with van der Waals surface area (Å²) < 4.78 is 15.5. The lowest BCUT2D eigenvalue weighted by Crippen LogP contribution is -2.60. The van der Waals surface area contributed by atoms with Gasteiger partial charge in [-0.3, -0.25) is 4.90 Å². The van der Waals surface area contributed by atoms with Crippen LogP contribution in [-0.2, 0) is 14.3 Å². The summed E-state index contributed by atoms with van der Waals surface area (Å²) in [5.41, 5.74) is 0.382. The van der Waals surface area contributed by atoms with Gasteiger partial charge in [0.2, 0.25) is 0 Å². The summed E-state index contributed by atoms with van der Waals surface area (Å²) in [4.78, 5) is 39.7. The van der Waals surface area contributed by atoms with Crippen LogP contribution in [0.25, 0.3) is 0 Å². The van der Waals surface area contributed by atoms with E-state index in [0.717, 1.165) is 5.56 Å². The molecule has 27 heavy (non-hydrogen) atoms. The van der Waals surface area contributed by atoms with Gasteiger partial charge in [0.15, 0.2) is 6.04 Å². The lowest BCUT2D eigenvalue weighted by Gasteiger charge is -2.39. The number of rotatable bonds is 2. The summed E-state index contributed by atoms with van der Waals surface area (Å²) in [5.74, 6) is -0.243. The highest BCUT2D eigenvalue weighted by Gasteiger charge is 2.39. The molecular formula is C19H26N2O6. The number of nitrogens with zero attached hydrogens (tertiary/aromatic N) is 2. The minimum absolute atomic E-state index is 0.0232. The minimum Gasteiger partial charge on any atom is -0.467 e. The van der Waals surface area contributed by atoms with E-state index in [1.165, 1.54) is 16.9 Å². The van der Waals surface area contributed by atoms with Gasteiger partial charge in [-0.1, -0.05) is 17.7 Å². The van der Waals surface area contributed by atoms with Crippen LogP contribution in [0.2, 0.25) is 0 Å². The fourth-order valence-corrected chi connectivity index (χ4v) is 2.60. The van der Waals surface area contributed by atoms with Crippen molar-refractivity contribution in [3.8, 4) is 5.75 Å². The zero-order chi connectivity index (χ0) is 20.2. The number of hydrogen-bond donors (Lipinski definition) is 0. The Morgan fingerprint density at radius 3 is 2.22 bits per heavy atom. The van der Waals surface area contributed by atoms with E-state index in [9.17, 15) is 14.4 Å². The van der Waals surface area contributed by atoms with Gasteiger partial charge in [-0.05, 0) is 39.8 Å². The Bertz CT molecular complexity index is 695. The zero-order valence-corrected chi connectivity index (χ0v) is 16.4. The van der Waals surface area contributed by atoms with E-state index in [0.29, 0.717) is 5.75 Å². The maximum atomic E-state index is 12.5. The van der Waals surface area contributed by atoms with Crippen LogP contribution in [0.5, 0.6) is 5.75 Å². The SMILES string of the molecule is COC(=O)C1CN(C(=O)OC(C)(C)C)CCN1C(=O)Oc1ccc(C)cc1. The lowest BCUT2D eigenvalue weighted by molar-refractivity contribution is -0.148. The van der Waals surface area contributed by atoms with Crippen molar-refractivity contribution in [2.45, 2.75) is 39.3 Å². The van der Waals surface area contributed by atoms with Gasteiger partial charge in [0.05, 0.1) is 13.7 Å². The molecule has 0 aliphatic carbocycles. The molecule has 2 amide bonds. The van der Waals surface area contributed by atoms with Crippen LogP contribution in [0.15, 0.2) is 24.3 Å². The van der Waals surface area contributed by atoms with Gasteiger partial charge in [-0.15, -0.1) is 0 Å². The van der Waals surface area contributed by atoms with Crippen LogP contribution < -0.4 is 4.74 Å². The summed E-state index contributed by atoms with van der Waals surface area (Å²) in [6.07, 6.45) is -1.21. The predicted molar refractivity (Wildman–Crippen MR) is 97.5 cm³/mol. The van der Waals surface area contributed by atoms with Crippen LogP contribution in [0, 0.1) is 6.92 Å². The molecule has 1 aliphatic heterocycles. The molecule has 1 atom stereocenters. The molecule has 1 unspecified atom stereocenters. The molecule has 148 valence electrons. The molecule has 8 nitrogen and oxygen atoms in total. The maximum absolute atomic E-state index is 12.5. The molecule has 1 fully saturated rings. The monoisotopic (exact) mass is 378 g/mol. The lowest BCUT2D eigenvalue weighted by atomic mass is 10.1. The number of hydrogen-bond acceptors (Lipinski definition) is 6. The van der Waals surface area contributed by atoms with E-state index < -0.39 is 29.8 Å². The quantitative estimate of drug-likeness (QED) is 0.736. The van der Waals surface area contributed by atoms with Crippen molar-refractivity contribution >= 4 is 18.2 Å². The average molecular weight is 378 g/mol. The number of carbonyl (C=O) groups is 3. The Morgan fingerprint density at radius 2 is 1.67 bits per heavy atom. The fraction of sp³-hybridized carbons (Fsp3) is 0.526. The highest BCUT2D eigenvalue weighted by molar-refractivity contribution is 5.83. The van der Waals surface area contributed by atoms with Crippen molar-refractivity contribution in [3.63, 3.8) is 0 Å². The Morgan fingerprint density at radius 1 is 1.04 bits per heavy atom. The van der Waals surface area contributed by atoms with Gasteiger partial charge in [-0.2, -0.15) is 0 Å². The van der Waals surface area contributed by atoms with Gasteiger partial charge in [0.1, 0.15) is 11.4 Å². The van der Waals surface area contributed by atoms with Crippen LogP contribution in [0.3, 0.4) is 0 Å². The first-order chi connectivity index (χ1) is 12.6. The van der Waals surface area contributed by atoms with Crippen molar-refractivity contribution in [3.05, 3.63) is 29.8 Å². The highest BCUT2D eigenvalue weighted by atomic mass is 16.6. The first-order valence-corrected chi connectivity index (χ1v) is 8.71. The third-order valence-corrected chi connectivity index (χ3v) is 3.97. The molecule has 0 aromatic heterocycles. The van der Waals surface area contributed by atoms with Crippen LogP contribution >= 0.6 is 0 Å². The fourth-order valence-electron chi connectivity index (χ4n) is 2.60. The van der Waals surface area contributed by atoms with Gasteiger partial charge >= 0.3 is 18.2 Å². The molecule has 1 aliphatic rings. The topological polar surface area (TPSA) is 85.4 Å². The second-order valence-corrected chi connectivity index (χ2v) is 7.34. The Hall–Kier alpha value is -2.77. The van der Waals surface area contributed by atoms with Crippen molar-refractivity contribution < 1.29 is 28.6 Å². The van der Waals surface area contributed by atoms with Gasteiger partial charge in [-0.25, -0.2) is 14.4 Å². The van der Waals surface area contributed by atoms with E-state index in [-0.39, 0.29) is 19.6 Å². The molecule has 8 heteroatoms. The first kappa shape index (κ1) is 20.5. The number of carbonyl (C=O) groups excluding carboxylic acids is 3. The molecule has 0 saturated carbocycles. The molecule has 2 rings (SSSR count). The molecule has 1 aromatic carbocycles. The van der Waals surface area contributed by atoms with Crippen LogP contribution in [0.1, 0.15) is 26.3 Å². The van der Waals surface area contributed by atoms with E-state index in [1.807, 2.05) is 19.1 Å². The summed E-state index contributed by atoms with van der Waals surface area (Å²) >= 11 is 0.